The molecule has 1 nitrogen and oxygen atoms in total. The van der Waals surface area contributed by atoms with E-state index in [4.69, 9.17) is 0 Å². The van der Waals surface area contributed by atoms with E-state index < -0.39 is 0 Å². The van der Waals surface area contributed by atoms with E-state index in [-0.39, 0.29) is 16.2 Å². The van der Waals surface area contributed by atoms with Gasteiger partial charge in [-0.2, -0.15) is 0 Å². The molecule has 0 atom stereocenters. The summed E-state index contributed by atoms with van der Waals surface area (Å²) in [6.07, 6.45) is 0. The molecular formula is C39H37N. The molecule has 0 spiro atoms. The van der Waals surface area contributed by atoms with E-state index in [1.165, 1.54) is 55.6 Å². The largest absolute Gasteiger partial charge is 0.356 e. The van der Waals surface area contributed by atoms with Crippen LogP contribution in [0.25, 0.3) is 22.3 Å². The molecule has 0 saturated heterocycles. The molecular weight excluding hydrogens is 482 g/mol. The Bertz CT molecular complexity index is 1770. The normalized spacial score (nSPS) is 15.7. The Morgan fingerprint density at radius 1 is 0.450 bits per heavy atom. The molecule has 0 heterocycles. The van der Waals surface area contributed by atoms with Crippen molar-refractivity contribution in [3.05, 3.63) is 143 Å². The van der Waals surface area contributed by atoms with Crippen LogP contribution in [0.15, 0.2) is 109 Å². The molecule has 0 bridgehead atoms. The summed E-state index contributed by atoms with van der Waals surface area (Å²) in [5, 5.41) is 3.69. The molecule has 0 radical (unpaired) electrons. The van der Waals surface area contributed by atoms with Crippen molar-refractivity contribution in [3.8, 4) is 22.3 Å². The van der Waals surface area contributed by atoms with Crippen LogP contribution in [0.2, 0.25) is 0 Å². The maximum Gasteiger partial charge on any atom is 0.0387 e. The van der Waals surface area contributed by atoms with Crippen molar-refractivity contribution >= 4 is 11.4 Å². The lowest BCUT2D eigenvalue weighted by molar-refractivity contribution is 0.641. The maximum atomic E-state index is 3.69. The highest BCUT2D eigenvalue weighted by Gasteiger charge is 2.41. The fraction of sp³-hybridized carbons (Fsp3) is 0.231. The van der Waals surface area contributed by atoms with Gasteiger partial charge in [-0.1, -0.05) is 114 Å². The van der Waals surface area contributed by atoms with E-state index in [1.54, 1.807) is 0 Å². The van der Waals surface area contributed by atoms with Crippen molar-refractivity contribution in [2.75, 3.05) is 5.32 Å². The summed E-state index contributed by atoms with van der Waals surface area (Å²) in [4.78, 5) is 0. The molecule has 1 heteroatoms. The van der Waals surface area contributed by atoms with Gasteiger partial charge in [0.1, 0.15) is 0 Å². The minimum Gasteiger partial charge on any atom is -0.356 e. The first kappa shape index (κ1) is 24.9. The Hall–Kier alpha value is -4.10. The third-order valence-electron chi connectivity index (χ3n) is 9.77. The van der Waals surface area contributed by atoms with Gasteiger partial charge < -0.3 is 5.32 Å². The number of benzene rings is 5. The zero-order chi connectivity index (χ0) is 27.9. The molecule has 0 fully saturated rings. The van der Waals surface area contributed by atoms with E-state index in [0.717, 1.165) is 11.4 Å². The van der Waals surface area contributed by atoms with E-state index in [2.05, 4.69) is 156 Å². The molecule has 0 saturated carbocycles. The van der Waals surface area contributed by atoms with Crippen LogP contribution in [0.4, 0.5) is 11.4 Å². The quantitative estimate of drug-likeness (QED) is 0.249. The molecule has 7 rings (SSSR count). The smallest absolute Gasteiger partial charge is 0.0387 e. The van der Waals surface area contributed by atoms with Gasteiger partial charge in [0.25, 0.3) is 0 Å². The number of hydrogen-bond donors (Lipinski definition) is 1. The molecule has 40 heavy (non-hydrogen) atoms. The highest BCUT2D eigenvalue weighted by atomic mass is 14.9. The van der Waals surface area contributed by atoms with E-state index in [1.807, 2.05) is 0 Å². The molecule has 0 aliphatic heterocycles. The van der Waals surface area contributed by atoms with Crippen molar-refractivity contribution < 1.29 is 0 Å². The van der Waals surface area contributed by atoms with Gasteiger partial charge in [-0.3, -0.25) is 0 Å². The summed E-state index contributed by atoms with van der Waals surface area (Å²) < 4.78 is 0. The lowest BCUT2D eigenvalue weighted by Gasteiger charge is -2.26. The summed E-state index contributed by atoms with van der Waals surface area (Å²) >= 11 is 0. The van der Waals surface area contributed by atoms with Crippen molar-refractivity contribution in [2.24, 2.45) is 0 Å². The van der Waals surface area contributed by atoms with Gasteiger partial charge in [-0.15, -0.1) is 0 Å². The number of fused-ring (bicyclic) bond motifs is 6. The minimum absolute atomic E-state index is 0.0105. The van der Waals surface area contributed by atoms with E-state index in [0.29, 0.717) is 0 Å². The minimum atomic E-state index is -0.0668. The molecule has 0 aromatic heterocycles. The lowest BCUT2D eigenvalue weighted by Crippen LogP contribution is -2.18. The fourth-order valence-corrected chi connectivity index (χ4v) is 7.17. The van der Waals surface area contributed by atoms with Crippen LogP contribution < -0.4 is 5.32 Å². The standard InChI is InChI=1S/C39H37N/c1-37(2,25-12-8-7-9-13-25)26-16-18-27(19-17-26)40-28-20-21-30-32-24-35-31(23-36(32)39(5,6)34(30)22-28)29-14-10-11-15-33(29)38(35,3)4/h7-24,40H,1-6H3. The maximum absolute atomic E-state index is 3.69. The van der Waals surface area contributed by atoms with Crippen LogP contribution in [0.5, 0.6) is 0 Å². The summed E-state index contributed by atoms with van der Waals surface area (Å²) in [7, 11) is 0. The van der Waals surface area contributed by atoms with Gasteiger partial charge in [-0.05, 0) is 92.0 Å². The zero-order valence-corrected chi connectivity index (χ0v) is 24.4. The van der Waals surface area contributed by atoms with E-state index in [9.17, 15) is 0 Å². The zero-order valence-electron chi connectivity index (χ0n) is 24.4. The summed E-state index contributed by atoms with van der Waals surface area (Å²) in [6, 6.07) is 40.5. The first-order chi connectivity index (χ1) is 19.1. The van der Waals surface area contributed by atoms with Crippen LogP contribution in [-0.2, 0) is 16.2 Å². The Labute approximate surface area is 238 Å². The van der Waals surface area contributed by atoms with Gasteiger partial charge >= 0.3 is 0 Å². The first-order valence-electron chi connectivity index (χ1n) is 14.5. The van der Waals surface area contributed by atoms with Crippen LogP contribution in [0.1, 0.15) is 74.9 Å². The first-order valence-corrected chi connectivity index (χ1v) is 14.5. The molecule has 5 aromatic carbocycles. The van der Waals surface area contributed by atoms with Gasteiger partial charge in [0.05, 0.1) is 0 Å². The molecule has 198 valence electrons. The monoisotopic (exact) mass is 519 g/mol. The van der Waals surface area contributed by atoms with Crippen LogP contribution >= 0.6 is 0 Å². The number of nitrogens with one attached hydrogen (secondary N) is 1. The van der Waals surface area contributed by atoms with Gasteiger partial charge in [0, 0.05) is 27.6 Å². The van der Waals surface area contributed by atoms with Crippen molar-refractivity contribution in [1.82, 2.24) is 0 Å². The molecule has 1 N–H and O–H groups in total. The fourth-order valence-electron chi connectivity index (χ4n) is 7.17. The van der Waals surface area contributed by atoms with E-state index >= 15 is 0 Å². The predicted molar refractivity (Wildman–Crippen MR) is 170 cm³/mol. The molecule has 2 aliphatic rings. The second-order valence-electron chi connectivity index (χ2n) is 13.2. The Balaban J connectivity index is 1.21. The van der Waals surface area contributed by atoms with Gasteiger partial charge in [-0.25, -0.2) is 0 Å². The Kier molecular flexibility index (Phi) is 5.26. The molecule has 2 aliphatic carbocycles. The lowest BCUT2D eigenvalue weighted by atomic mass is 9.78. The number of rotatable bonds is 4. The number of anilines is 2. The van der Waals surface area contributed by atoms with Crippen molar-refractivity contribution in [1.29, 1.82) is 0 Å². The SMILES string of the molecule is CC(C)(c1ccccc1)c1ccc(Nc2ccc3c(c2)C(C)(C)c2cc4c(cc2-3)C(C)(C)c2ccccc2-4)cc1. The van der Waals surface area contributed by atoms with Crippen LogP contribution in [0, 0.1) is 0 Å². The predicted octanol–water partition coefficient (Wildman–Crippen LogP) is 10.4. The van der Waals surface area contributed by atoms with Crippen LogP contribution in [0.3, 0.4) is 0 Å². The highest BCUT2D eigenvalue weighted by molar-refractivity contribution is 5.90. The Morgan fingerprint density at radius 3 is 1.62 bits per heavy atom. The van der Waals surface area contributed by atoms with Crippen LogP contribution in [-0.4, -0.2) is 0 Å². The second kappa shape index (κ2) is 8.45. The van der Waals surface area contributed by atoms with Crippen molar-refractivity contribution in [3.63, 3.8) is 0 Å². The number of hydrogen-bond acceptors (Lipinski definition) is 1. The van der Waals surface area contributed by atoms with Gasteiger partial charge in [0.2, 0.25) is 0 Å². The molecule has 0 unspecified atom stereocenters. The van der Waals surface area contributed by atoms with Gasteiger partial charge in [0.15, 0.2) is 0 Å². The third-order valence-corrected chi connectivity index (χ3v) is 9.77. The summed E-state index contributed by atoms with van der Waals surface area (Å²) in [5.74, 6) is 0. The molecule has 5 aromatic rings. The third kappa shape index (κ3) is 3.53. The average molecular weight is 520 g/mol. The summed E-state index contributed by atoms with van der Waals surface area (Å²) in [6.45, 7) is 14.1. The Morgan fingerprint density at radius 2 is 0.950 bits per heavy atom. The topological polar surface area (TPSA) is 12.0 Å². The molecule has 0 amide bonds. The average Bonchev–Trinajstić information content (AvgIpc) is 3.32. The second-order valence-corrected chi connectivity index (χ2v) is 13.2. The highest BCUT2D eigenvalue weighted by Crippen LogP contribution is 2.56. The summed E-state index contributed by atoms with van der Waals surface area (Å²) in [5.41, 5.74) is 16.0. The van der Waals surface area contributed by atoms with Crippen molar-refractivity contribution in [2.45, 2.75) is 57.8 Å².